The average molecular weight is 417 g/mol. The molecule has 1 aliphatic rings. The van der Waals surface area contributed by atoms with E-state index in [1.165, 1.54) is 12.1 Å². The first-order valence-electron chi connectivity index (χ1n) is 10.4. The van der Waals surface area contributed by atoms with Crippen molar-refractivity contribution in [2.24, 2.45) is 7.05 Å². The van der Waals surface area contributed by atoms with Crippen molar-refractivity contribution in [3.63, 3.8) is 0 Å². The highest BCUT2D eigenvalue weighted by Gasteiger charge is 2.22. The Kier molecular flexibility index (Phi) is 4.89. The van der Waals surface area contributed by atoms with Gasteiger partial charge in [0, 0.05) is 44.6 Å². The van der Waals surface area contributed by atoms with Crippen LogP contribution < -0.4 is 15.1 Å². The lowest BCUT2D eigenvalue weighted by Gasteiger charge is -2.36. The molecule has 2 aromatic carbocycles. The van der Waals surface area contributed by atoms with E-state index in [0.29, 0.717) is 5.95 Å². The third kappa shape index (κ3) is 3.76. The lowest BCUT2D eigenvalue weighted by molar-refractivity contribution is 0.623. The molecule has 5 rings (SSSR count). The first-order valence-corrected chi connectivity index (χ1v) is 10.4. The topological polar surface area (TPSA) is 62.1 Å². The van der Waals surface area contributed by atoms with Gasteiger partial charge in [-0.1, -0.05) is 18.2 Å². The van der Waals surface area contributed by atoms with E-state index in [4.69, 9.17) is 9.97 Å². The molecule has 0 atom stereocenters. The van der Waals surface area contributed by atoms with Gasteiger partial charge in [0.15, 0.2) is 5.65 Å². The summed E-state index contributed by atoms with van der Waals surface area (Å²) in [6.07, 6.45) is 1.80. The van der Waals surface area contributed by atoms with Gasteiger partial charge in [-0.2, -0.15) is 15.1 Å². The van der Waals surface area contributed by atoms with Crippen LogP contribution in [0.5, 0.6) is 0 Å². The lowest BCUT2D eigenvalue weighted by Crippen LogP contribution is -2.47. The number of nitrogens with zero attached hydrogens (tertiary/aromatic N) is 6. The van der Waals surface area contributed by atoms with Crippen molar-refractivity contribution in [2.45, 2.75) is 6.92 Å². The van der Waals surface area contributed by atoms with Gasteiger partial charge in [0.2, 0.25) is 5.95 Å². The largest absolute Gasteiger partial charge is 0.368 e. The summed E-state index contributed by atoms with van der Waals surface area (Å²) in [5.41, 5.74) is 3.99. The summed E-state index contributed by atoms with van der Waals surface area (Å²) < 4.78 is 15.0. The van der Waals surface area contributed by atoms with Crippen molar-refractivity contribution in [3.8, 4) is 0 Å². The molecule has 0 radical (unpaired) electrons. The predicted octanol–water partition coefficient (Wildman–Crippen LogP) is 3.88. The van der Waals surface area contributed by atoms with Crippen LogP contribution >= 0.6 is 0 Å². The van der Waals surface area contributed by atoms with Gasteiger partial charge in [0.1, 0.15) is 11.6 Å². The molecule has 0 unspecified atom stereocenters. The molecule has 0 amide bonds. The fourth-order valence-corrected chi connectivity index (χ4v) is 3.90. The molecule has 1 fully saturated rings. The molecule has 0 aliphatic carbocycles. The van der Waals surface area contributed by atoms with Crippen LogP contribution in [0.15, 0.2) is 54.7 Å². The van der Waals surface area contributed by atoms with Crippen molar-refractivity contribution in [3.05, 3.63) is 66.1 Å². The summed E-state index contributed by atoms with van der Waals surface area (Å²) in [5, 5.41) is 8.74. The molecule has 0 spiro atoms. The number of aryl methyl sites for hydroxylation is 2. The zero-order chi connectivity index (χ0) is 21.4. The summed E-state index contributed by atoms with van der Waals surface area (Å²) in [4.78, 5) is 14.1. The summed E-state index contributed by atoms with van der Waals surface area (Å²) in [6, 6.07) is 14.8. The maximum Gasteiger partial charge on any atom is 0.229 e. The Balaban J connectivity index is 1.42. The minimum absolute atomic E-state index is 0.214. The fraction of sp³-hybridized carbons (Fsp3) is 0.261. The number of anilines is 4. The molecular weight excluding hydrogens is 393 g/mol. The molecule has 8 heteroatoms. The molecule has 4 aromatic rings. The van der Waals surface area contributed by atoms with Crippen LogP contribution in [0.25, 0.3) is 11.0 Å². The van der Waals surface area contributed by atoms with Crippen LogP contribution in [0, 0.1) is 12.7 Å². The average Bonchev–Trinajstić information content (AvgIpc) is 3.17. The zero-order valence-corrected chi connectivity index (χ0v) is 17.6. The summed E-state index contributed by atoms with van der Waals surface area (Å²) in [7, 11) is 1.89. The molecule has 7 nitrogen and oxygen atoms in total. The van der Waals surface area contributed by atoms with Crippen LogP contribution in [-0.2, 0) is 7.05 Å². The Hall–Kier alpha value is -3.68. The van der Waals surface area contributed by atoms with E-state index in [1.807, 2.05) is 37.4 Å². The van der Waals surface area contributed by atoms with Gasteiger partial charge in [-0.05, 0) is 42.8 Å². The van der Waals surface area contributed by atoms with Crippen LogP contribution in [0.1, 0.15) is 5.56 Å². The monoisotopic (exact) mass is 417 g/mol. The van der Waals surface area contributed by atoms with Crippen molar-refractivity contribution in [1.82, 2.24) is 19.7 Å². The maximum absolute atomic E-state index is 13.2. The highest BCUT2D eigenvalue weighted by molar-refractivity contribution is 5.89. The standard InChI is InChI=1S/C23H24FN7/c1-16-5-3-4-6-20(16)26-21-19-15-25-29(2)22(19)28-23(27-21)31-13-11-30(12-14-31)18-9-7-17(24)8-10-18/h3-10,15H,11-14H2,1-2H3,(H,26,27,28). The quantitative estimate of drug-likeness (QED) is 0.544. The first kappa shape index (κ1) is 19.3. The predicted molar refractivity (Wildman–Crippen MR) is 122 cm³/mol. The van der Waals surface area contributed by atoms with Crippen LogP contribution in [-0.4, -0.2) is 45.9 Å². The number of benzene rings is 2. The van der Waals surface area contributed by atoms with E-state index in [-0.39, 0.29) is 5.82 Å². The molecule has 2 aromatic heterocycles. The van der Waals surface area contributed by atoms with E-state index in [9.17, 15) is 4.39 Å². The minimum Gasteiger partial charge on any atom is -0.368 e. The zero-order valence-electron chi connectivity index (χ0n) is 17.6. The number of hydrogen-bond donors (Lipinski definition) is 1. The second-order valence-corrected chi connectivity index (χ2v) is 7.77. The van der Waals surface area contributed by atoms with E-state index in [2.05, 4.69) is 33.2 Å². The molecule has 1 saturated heterocycles. The number of hydrogen-bond acceptors (Lipinski definition) is 6. The Labute approximate surface area is 180 Å². The molecule has 0 saturated carbocycles. The number of rotatable bonds is 4. The van der Waals surface area contributed by atoms with Crippen molar-refractivity contribution < 1.29 is 4.39 Å². The van der Waals surface area contributed by atoms with Crippen molar-refractivity contribution >= 4 is 34.2 Å². The highest BCUT2D eigenvalue weighted by Crippen LogP contribution is 2.28. The van der Waals surface area contributed by atoms with E-state index in [0.717, 1.165) is 60.0 Å². The Morgan fingerprint density at radius 3 is 2.35 bits per heavy atom. The maximum atomic E-state index is 13.2. The van der Waals surface area contributed by atoms with Crippen LogP contribution in [0.3, 0.4) is 0 Å². The third-order valence-electron chi connectivity index (χ3n) is 5.73. The minimum atomic E-state index is -0.214. The van der Waals surface area contributed by atoms with Crippen LogP contribution in [0.2, 0.25) is 0 Å². The van der Waals surface area contributed by atoms with Gasteiger partial charge < -0.3 is 15.1 Å². The second-order valence-electron chi connectivity index (χ2n) is 7.77. The Bertz CT molecular complexity index is 1210. The second kappa shape index (κ2) is 7.86. The molecule has 3 heterocycles. The Morgan fingerprint density at radius 1 is 0.903 bits per heavy atom. The molecule has 158 valence electrons. The number of fused-ring (bicyclic) bond motifs is 1. The number of aromatic nitrogens is 4. The van der Waals surface area contributed by atoms with E-state index >= 15 is 0 Å². The highest BCUT2D eigenvalue weighted by atomic mass is 19.1. The van der Waals surface area contributed by atoms with Gasteiger partial charge in [-0.15, -0.1) is 0 Å². The van der Waals surface area contributed by atoms with Crippen molar-refractivity contribution in [1.29, 1.82) is 0 Å². The molecular formula is C23H24FN7. The van der Waals surface area contributed by atoms with Gasteiger partial charge in [0.25, 0.3) is 0 Å². The molecule has 1 aliphatic heterocycles. The SMILES string of the molecule is Cc1ccccc1Nc1nc(N2CCN(c3ccc(F)cc3)CC2)nc2c1cnn2C. The number of piperazine rings is 1. The van der Waals surface area contributed by atoms with Gasteiger partial charge in [-0.3, -0.25) is 4.68 Å². The Morgan fingerprint density at radius 2 is 1.61 bits per heavy atom. The van der Waals surface area contributed by atoms with Crippen LogP contribution in [0.4, 0.5) is 27.5 Å². The van der Waals surface area contributed by atoms with E-state index < -0.39 is 0 Å². The summed E-state index contributed by atoms with van der Waals surface area (Å²) in [5.74, 6) is 1.23. The third-order valence-corrected chi connectivity index (χ3v) is 5.73. The number of halogens is 1. The normalized spacial score (nSPS) is 14.3. The summed E-state index contributed by atoms with van der Waals surface area (Å²) in [6.45, 7) is 5.27. The smallest absolute Gasteiger partial charge is 0.229 e. The fourth-order valence-electron chi connectivity index (χ4n) is 3.90. The number of para-hydroxylation sites is 1. The molecule has 31 heavy (non-hydrogen) atoms. The summed E-state index contributed by atoms with van der Waals surface area (Å²) >= 11 is 0. The van der Waals surface area contributed by atoms with Gasteiger partial charge in [0.05, 0.1) is 11.6 Å². The van der Waals surface area contributed by atoms with E-state index in [1.54, 1.807) is 10.9 Å². The lowest BCUT2D eigenvalue weighted by atomic mass is 10.2. The number of nitrogens with one attached hydrogen (secondary N) is 1. The molecule has 1 N–H and O–H groups in total. The first-order chi connectivity index (χ1) is 15.1. The van der Waals surface area contributed by atoms with Gasteiger partial charge in [-0.25, -0.2) is 4.39 Å². The van der Waals surface area contributed by atoms with Gasteiger partial charge >= 0.3 is 0 Å². The van der Waals surface area contributed by atoms with Crippen molar-refractivity contribution in [2.75, 3.05) is 41.3 Å². The molecule has 0 bridgehead atoms.